The second-order valence-corrected chi connectivity index (χ2v) is 7.56. The number of H-pyrrole nitrogens is 1. The minimum absolute atomic E-state index is 0.0690. The topological polar surface area (TPSA) is 125 Å². The lowest BCUT2D eigenvalue weighted by atomic mass is 10.1. The number of nitrogens with one attached hydrogen (secondary N) is 2. The highest BCUT2D eigenvalue weighted by atomic mass is 35.5. The van der Waals surface area contributed by atoms with Crippen LogP contribution in [0.2, 0.25) is 5.15 Å². The fourth-order valence-corrected chi connectivity index (χ4v) is 3.25. The monoisotopic (exact) mass is 486 g/mol. The van der Waals surface area contributed by atoms with Gasteiger partial charge in [0, 0.05) is 17.3 Å². The average Bonchev–Trinajstić information content (AvgIpc) is 2.89. The van der Waals surface area contributed by atoms with E-state index in [9.17, 15) is 10.1 Å². The van der Waals surface area contributed by atoms with Crippen LogP contribution in [-0.4, -0.2) is 28.3 Å². The summed E-state index contributed by atoms with van der Waals surface area (Å²) in [5.74, 6) is 1.18. The highest BCUT2D eigenvalue weighted by Crippen LogP contribution is 2.28. The van der Waals surface area contributed by atoms with Gasteiger partial charge in [-0.05, 0) is 29.8 Å². The van der Waals surface area contributed by atoms with Gasteiger partial charge in [-0.1, -0.05) is 48.0 Å². The third-order valence-electron chi connectivity index (χ3n) is 4.83. The molecule has 2 aromatic carbocycles. The van der Waals surface area contributed by atoms with Crippen LogP contribution in [-0.2, 0) is 6.61 Å². The van der Waals surface area contributed by atoms with E-state index < -0.39 is 5.56 Å². The van der Waals surface area contributed by atoms with Crippen LogP contribution in [0.5, 0.6) is 11.5 Å². The van der Waals surface area contributed by atoms with Crippen LogP contribution >= 0.6 is 11.6 Å². The lowest BCUT2D eigenvalue weighted by molar-refractivity contribution is 0.284. The van der Waals surface area contributed by atoms with Crippen molar-refractivity contribution < 1.29 is 9.47 Å². The van der Waals surface area contributed by atoms with Gasteiger partial charge in [0.25, 0.3) is 5.56 Å². The van der Waals surface area contributed by atoms with Crippen molar-refractivity contribution >= 4 is 23.8 Å². The van der Waals surface area contributed by atoms with E-state index in [1.54, 1.807) is 61.8 Å². The molecule has 0 unspecified atom stereocenters. The number of halogens is 1. The molecule has 2 aromatic heterocycles. The molecule has 0 atom stereocenters. The van der Waals surface area contributed by atoms with Crippen LogP contribution in [0, 0.1) is 11.3 Å². The maximum absolute atomic E-state index is 12.3. The number of pyridine rings is 1. The van der Waals surface area contributed by atoms with Crippen LogP contribution in [0.1, 0.15) is 16.7 Å². The Morgan fingerprint density at radius 1 is 1.17 bits per heavy atom. The minimum atomic E-state index is -0.557. The van der Waals surface area contributed by atoms with Crippen molar-refractivity contribution in [1.29, 1.82) is 5.26 Å². The first-order chi connectivity index (χ1) is 17.1. The molecule has 0 fully saturated rings. The summed E-state index contributed by atoms with van der Waals surface area (Å²) in [6, 6.07) is 19.7. The number of hydrogen-bond donors (Lipinski definition) is 2. The van der Waals surface area contributed by atoms with Crippen molar-refractivity contribution in [3.05, 3.63) is 99.1 Å². The van der Waals surface area contributed by atoms with Crippen LogP contribution < -0.4 is 20.5 Å². The summed E-state index contributed by atoms with van der Waals surface area (Å²) < 4.78 is 11.3. The second kappa shape index (κ2) is 11.0. The van der Waals surface area contributed by atoms with E-state index in [2.05, 4.69) is 25.5 Å². The number of hydrogen-bond acceptors (Lipinski definition) is 8. The SMILES string of the molecule is COc1cc(C=NNc2nc(-c3ccccc3)c(C#N)c(=O)[nH]2)ccc1OCc1ccc(Cl)nc1. The third-order valence-corrected chi connectivity index (χ3v) is 5.06. The number of nitrogens with zero attached hydrogens (tertiary/aromatic N) is 4. The van der Waals surface area contributed by atoms with E-state index in [1.807, 2.05) is 18.2 Å². The van der Waals surface area contributed by atoms with Gasteiger partial charge < -0.3 is 9.47 Å². The highest BCUT2D eigenvalue weighted by Gasteiger charge is 2.13. The van der Waals surface area contributed by atoms with Gasteiger partial charge in [-0.2, -0.15) is 10.4 Å². The van der Waals surface area contributed by atoms with Crippen LogP contribution in [0.4, 0.5) is 5.95 Å². The molecular formula is C25H19ClN6O3. The second-order valence-electron chi connectivity index (χ2n) is 7.17. The summed E-state index contributed by atoms with van der Waals surface area (Å²) in [6.45, 7) is 0.303. The predicted octanol–water partition coefficient (Wildman–Crippen LogP) is 4.39. The molecule has 35 heavy (non-hydrogen) atoms. The number of anilines is 1. The number of aromatic nitrogens is 3. The van der Waals surface area contributed by atoms with E-state index in [-0.39, 0.29) is 17.2 Å². The average molecular weight is 487 g/mol. The number of ether oxygens (including phenoxy) is 2. The maximum atomic E-state index is 12.3. The molecule has 0 saturated carbocycles. The Hall–Kier alpha value is -4.68. The fourth-order valence-electron chi connectivity index (χ4n) is 3.14. The van der Waals surface area contributed by atoms with Crippen molar-refractivity contribution in [3.63, 3.8) is 0 Å². The maximum Gasteiger partial charge on any atom is 0.270 e. The molecular weight excluding hydrogens is 468 g/mol. The first-order valence-electron chi connectivity index (χ1n) is 10.4. The fraction of sp³-hybridized carbons (Fsp3) is 0.0800. The first kappa shape index (κ1) is 23.5. The van der Waals surface area contributed by atoms with Gasteiger partial charge in [-0.15, -0.1) is 0 Å². The Kier molecular flexibility index (Phi) is 7.35. The lowest BCUT2D eigenvalue weighted by Gasteiger charge is -2.11. The smallest absolute Gasteiger partial charge is 0.270 e. The summed E-state index contributed by atoms with van der Waals surface area (Å²) >= 11 is 5.81. The van der Waals surface area contributed by atoms with Crippen molar-refractivity contribution in [2.75, 3.05) is 12.5 Å². The molecule has 4 aromatic rings. The molecule has 0 saturated heterocycles. The summed E-state index contributed by atoms with van der Waals surface area (Å²) in [5, 5.41) is 13.9. The Balaban J connectivity index is 1.48. The molecule has 0 aliphatic rings. The predicted molar refractivity (Wildman–Crippen MR) is 133 cm³/mol. The Morgan fingerprint density at radius 3 is 2.71 bits per heavy atom. The standard InChI is InChI=1S/C25H19ClN6O3/c1-34-21-11-16(7-9-20(21)35-15-17-8-10-22(26)28-13-17)14-29-32-25-30-23(18-5-3-2-4-6-18)19(12-27)24(33)31-25/h2-11,13-14H,15H2,1H3,(H2,30,31,32,33). The van der Waals surface area contributed by atoms with Crippen LogP contribution in [0.15, 0.2) is 76.8 Å². The van der Waals surface area contributed by atoms with E-state index in [1.165, 1.54) is 6.21 Å². The summed E-state index contributed by atoms with van der Waals surface area (Å²) in [5.41, 5.74) is 4.58. The van der Waals surface area contributed by atoms with Crippen molar-refractivity contribution in [2.24, 2.45) is 5.10 Å². The van der Waals surface area contributed by atoms with Gasteiger partial charge in [0.2, 0.25) is 5.95 Å². The number of aromatic amines is 1. The van der Waals surface area contributed by atoms with Crippen LogP contribution in [0.25, 0.3) is 11.3 Å². The largest absolute Gasteiger partial charge is 0.493 e. The normalized spacial score (nSPS) is 10.7. The quantitative estimate of drug-likeness (QED) is 0.215. The molecule has 0 bridgehead atoms. The summed E-state index contributed by atoms with van der Waals surface area (Å²) in [6.07, 6.45) is 3.18. The number of nitriles is 1. The molecule has 0 aliphatic heterocycles. The molecule has 9 nitrogen and oxygen atoms in total. The Morgan fingerprint density at radius 2 is 2.00 bits per heavy atom. The number of benzene rings is 2. The van der Waals surface area contributed by atoms with Crippen LogP contribution in [0.3, 0.4) is 0 Å². The molecule has 0 aliphatic carbocycles. The molecule has 0 amide bonds. The highest BCUT2D eigenvalue weighted by molar-refractivity contribution is 6.29. The summed E-state index contributed by atoms with van der Waals surface area (Å²) in [4.78, 5) is 23.3. The van der Waals surface area contributed by atoms with E-state index in [0.717, 1.165) is 5.56 Å². The first-order valence-corrected chi connectivity index (χ1v) is 10.8. The van der Waals surface area contributed by atoms with Gasteiger partial charge in [0.05, 0.1) is 19.0 Å². The molecule has 2 heterocycles. The zero-order valence-electron chi connectivity index (χ0n) is 18.5. The zero-order chi connectivity index (χ0) is 24.6. The molecule has 2 N–H and O–H groups in total. The van der Waals surface area contributed by atoms with Gasteiger partial charge >= 0.3 is 0 Å². The molecule has 0 radical (unpaired) electrons. The number of hydrazone groups is 1. The van der Waals surface area contributed by atoms with E-state index >= 15 is 0 Å². The lowest BCUT2D eigenvalue weighted by Crippen LogP contribution is -2.16. The van der Waals surface area contributed by atoms with Gasteiger partial charge in [0.1, 0.15) is 23.4 Å². The van der Waals surface area contributed by atoms with Crippen molar-refractivity contribution in [2.45, 2.75) is 6.61 Å². The zero-order valence-corrected chi connectivity index (χ0v) is 19.3. The molecule has 10 heteroatoms. The molecule has 4 rings (SSSR count). The number of methoxy groups -OCH3 is 1. The van der Waals surface area contributed by atoms with Gasteiger partial charge in [-0.25, -0.2) is 15.4 Å². The Labute approximate surface area is 205 Å². The van der Waals surface area contributed by atoms with Gasteiger partial charge in [-0.3, -0.25) is 9.78 Å². The van der Waals surface area contributed by atoms with E-state index in [0.29, 0.717) is 34.4 Å². The molecule has 174 valence electrons. The minimum Gasteiger partial charge on any atom is -0.493 e. The Bertz CT molecular complexity index is 1450. The van der Waals surface area contributed by atoms with Gasteiger partial charge in [0.15, 0.2) is 11.5 Å². The third kappa shape index (κ3) is 5.82. The van der Waals surface area contributed by atoms with Crippen molar-refractivity contribution in [1.82, 2.24) is 15.0 Å². The summed E-state index contributed by atoms with van der Waals surface area (Å²) in [7, 11) is 1.54. The van der Waals surface area contributed by atoms with E-state index in [4.69, 9.17) is 21.1 Å². The van der Waals surface area contributed by atoms with Crippen molar-refractivity contribution in [3.8, 4) is 28.8 Å². The molecule has 0 spiro atoms. The number of rotatable bonds is 8.